The predicted molar refractivity (Wildman–Crippen MR) is 91.3 cm³/mol. The summed E-state index contributed by atoms with van der Waals surface area (Å²) in [6.45, 7) is 0.149. The molecule has 25 heavy (non-hydrogen) atoms. The highest BCUT2D eigenvalue weighted by Crippen LogP contribution is 2.19. The first-order valence-electron chi connectivity index (χ1n) is 7.70. The lowest BCUT2D eigenvalue weighted by Crippen LogP contribution is -2.23. The van der Waals surface area contributed by atoms with E-state index in [1.54, 1.807) is 30.3 Å². The van der Waals surface area contributed by atoms with E-state index in [4.69, 9.17) is 16.1 Å². The summed E-state index contributed by atoms with van der Waals surface area (Å²) in [4.78, 5) is 16.1. The van der Waals surface area contributed by atoms with Crippen LogP contribution in [-0.2, 0) is 17.8 Å². The van der Waals surface area contributed by atoms with Crippen LogP contribution >= 0.6 is 11.6 Å². The van der Waals surface area contributed by atoms with Gasteiger partial charge in [-0.2, -0.15) is 4.98 Å². The number of aryl methyl sites for hydroxylation is 1. The van der Waals surface area contributed by atoms with Crippen LogP contribution in [0.2, 0.25) is 5.02 Å². The highest BCUT2D eigenvalue weighted by Gasteiger charge is 2.10. The van der Waals surface area contributed by atoms with Crippen LogP contribution < -0.4 is 5.32 Å². The number of hydrogen-bond donors (Lipinski definition) is 1. The Balaban J connectivity index is 1.50. The average Bonchev–Trinajstić information content (AvgIpc) is 3.08. The zero-order valence-corrected chi connectivity index (χ0v) is 14.0. The van der Waals surface area contributed by atoms with Gasteiger partial charge in [0.15, 0.2) is 0 Å². The number of nitrogens with zero attached hydrogens (tertiary/aromatic N) is 2. The van der Waals surface area contributed by atoms with Crippen molar-refractivity contribution in [1.82, 2.24) is 15.5 Å². The van der Waals surface area contributed by atoms with Gasteiger partial charge in [-0.25, -0.2) is 4.39 Å². The molecular weight excluding hydrogens is 345 g/mol. The molecule has 0 radical (unpaired) electrons. The minimum Gasteiger partial charge on any atom is -0.347 e. The minimum atomic E-state index is -0.292. The fourth-order valence-corrected chi connectivity index (χ4v) is 2.43. The molecule has 5 nitrogen and oxygen atoms in total. The third-order valence-electron chi connectivity index (χ3n) is 3.54. The van der Waals surface area contributed by atoms with Crippen molar-refractivity contribution in [3.8, 4) is 11.4 Å². The zero-order valence-electron chi connectivity index (χ0n) is 13.2. The fraction of sp³-hybridized carbons (Fsp3) is 0.167. The maximum absolute atomic E-state index is 12.8. The number of carbonyl (C=O) groups is 1. The van der Waals surface area contributed by atoms with E-state index < -0.39 is 0 Å². The summed E-state index contributed by atoms with van der Waals surface area (Å²) >= 11 is 5.93. The van der Waals surface area contributed by atoms with E-state index in [1.807, 2.05) is 6.07 Å². The molecule has 0 saturated heterocycles. The van der Waals surface area contributed by atoms with Gasteiger partial charge in [0, 0.05) is 17.0 Å². The van der Waals surface area contributed by atoms with Gasteiger partial charge in [-0.05, 0) is 36.2 Å². The van der Waals surface area contributed by atoms with Crippen LogP contribution in [-0.4, -0.2) is 16.0 Å². The highest BCUT2D eigenvalue weighted by molar-refractivity contribution is 6.30. The Kier molecular flexibility index (Phi) is 5.40. The van der Waals surface area contributed by atoms with Crippen molar-refractivity contribution < 1.29 is 13.7 Å². The Morgan fingerprint density at radius 3 is 2.76 bits per heavy atom. The third-order valence-corrected chi connectivity index (χ3v) is 3.78. The summed E-state index contributed by atoms with van der Waals surface area (Å²) in [6.07, 6.45) is 0.824. The van der Waals surface area contributed by atoms with Gasteiger partial charge in [0.05, 0.1) is 6.54 Å². The van der Waals surface area contributed by atoms with Gasteiger partial charge >= 0.3 is 0 Å². The van der Waals surface area contributed by atoms with Crippen molar-refractivity contribution in [3.63, 3.8) is 0 Å². The van der Waals surface area contributed by atoms with Crippen LogP contribution in [0.5, 0.6) is 0 Å². The first-order chi connectivity index (χ1) is 12.1. The molecule has 0 atom stereocenters. The number of rotatable bonds is 6. The van der Waals surface area contributed by atoms with Crippen LogP contribution in [0.3, 0.4) is 0 Å². The van der Waals surface area contributed by atoms with Gasteiger partial charge < -0.3 is 9.84 Å². The van der Waals surface area contributed by atoms with Gasteiger partial charge in [-0.3, -0.25) is 4.79 Å². The van der Waals surface area contributed by atoms with E-state index in [0.717, 1.165) is 11.1 Å². The number of benzene rings is 2. The SMILES string of the molecule is O=C(CCc1ccc(F)cc1)NCc1nc(-c2cccc(Cl)c2)no1. The quantitative estimate of drug-likeness (QED) is 0.727. The van der Waals surface area contributed by atoms with Gasteiger partial charge in [0.2, 0.25) is 17.6 Å². The summed E-state index contributed by atoms with van der Waals surface area (Å²) in [7, 11) is 0. The predicted octanol–water partition coefficient (Wildman–Crippen LogP) is 3.78. The summed E-state index contributed by atoms with van der Waals surface area (Å²) in [6, 6.07) is 13.2. The standard InChI is InChI=1S/C18H15ClFN3O2/c19-14-3-1-2-13(10-14)18-22-17(25-23-18)11-21-16(24)9-6-12-4-7-15(20)8-5-12/h1-5,7-8,10H,6,9,11H2,(H,21,24). The molecule has 1 heterocycles. The maximum Gasteiger partial charge on any atom is 0.246 e. The lowest BCUT2D eigenvalue weighted by Gasteiger charge is -2.03. The summed E-state index contributed by atoms with van der Waals surface area (Å²) in [5.41, 5.74) is 1.64. The molecule has 3 rings (SSSR count). The van der Waals surface area contributed by atoms with Gasteiger partial charge in [-0.15, -0.1) is 0 Å². The Hall–Kier alpha value is -2.73. The van der Waals surface area contributed by atoms with Crippen molar-refractivity contribution in [2.75, 3.05) is 0 Å². The second-order valence-corrected chi connectivity index (χ2v) is 5.86. The maximum atomic E-state index is 12.8. The van der Waals surface area contributed by atoms with Gasteiger partial charge in [0.1, 0.15) is 5.82 Å². The summed E-state index contributed by atoms with van der Waals surface area (Å²) in [5.74, 6) is 0.287. The molecule has 0 fully saturated rings. The van der Waals surface area contributed by atoms with Crippen LogP contribution in [0, 0.1) is 5.82 Å². The van der Waals surface area contributed by atoms with Crippen LogP contribution in [0.1, 0.15) is 17.9 Å². The van der Waals surface area contributed by atoms with E-state index in [1.165, 1.54) is 12.1 Å². The molecular formula is C18H15ClFN3O2. The van der Waals surface area contributed by atoms with E-state index in [9.17, 15) is 9.18 Å². The van der Waals surface area contributed by atoms with E-state index in [-0.39, 0.29) is 18.3 Å². The number of aromatic nitrogens is 2. The second kappa shape index (κ2) is 7.90. The monoisotopic (exact) mass is 359 g/mol. The largest absolute Gasteiger partial charge is 0.347 e. The topological polar surface area (TPSA) is 68.0 Å². The molecule has 0 aliphatic heterocycles. The van der Waals surface area contributed by atoms with Crippen LogP contribution in [0.4, 0.5) is 4.39 Å². The Morgan fingerprint density at radius 2 is 2.00 bits per heavy atom. The van der Waals surface area contributed by atoms with E-state index in [2.05, 4.69) is 15.5 Å². The van der Waals surface area contributed by atoms with Crippen molar-refractivity contribution >= 4 is 17.5 Å². The van der Waals surface area contributed by atoms with Crippen LogP contribution in [0.25, 0.3) is 11.4 Å². The molecule has 1 aromatic heterocycles. The van der Waals surface area contributed by atoms with Gasteiger partial charge in [-0.1, -0.05) is 41.0 Å². The smallest absolute Gasteiger partial charge is 0.246 e. The molecule has 1 amide bonds. The van der Waals surface area contributed by atoms with E-state index in [0.29, 0.717) is 29.6 Å². The molecule has 7 heteroatoms. The minimum absolute atomic E-state index is 0.146. The van der Waals surface area contributed by atoms with Crippen molar-refractivity contribution in [2.24, 2.45) is 0 Å². The Labute approximate surface area is 148 Å². The molecule has 0 bridgehead atoms. The number of halogens is 2. The second-order valence-electron chi connectivity index (χ2n) is 5.43. The summed E-state index contributed by atoms with van der Waals surface area (Å²) < 4.78 is 18.0. The molecule has 1 N–H and O–H groups in total. The first kappa shape index (κ1) is 17.1. The molecule has 0 unspecified atom stereocenters. The lowest BCUT2D eigenvalue weighted by molar-refractivity contribution is -0.121. The number of nitrogens with one attached hydrogen (secondary N) is 1. The lowest BCUT2D eigenvalue weighted by atomic mass is 10.1. The Bertz CT molecular complexity index is 865. The Morgan fingerprint density at radius 1 is 1.20 bits per heavy atom. The highest BCUT2D eigenvalue weighted by atomic mass is 35.5. The third kappa shape index (κ3) is 4.87. The number of amides is 1. The molecule has 2 aromatic carbocycles. The van der Waals surface area contributed by atoms with Gasteiger partial charge in [0.25, 0.3) is 0 Å². The molecule has 0 saturated carbocycles. The zero-order chi connectivity index (χ0) is 17.6. The van der Waals surface area contributed by atoms with Crippen molar-refractivity contribution in [1.29, 1.82) is 0 Å². The molecule has 0 aliphatic rings. The first-order valence-corrected chi connectivity index (χ1v) is 8.07. The molecule has 0 aliphatic carbocycles. The van der Waals surface area contributed by atoms with Crippen molar-refractivity contribution in [3.05, 3.63) is 70.8 Å². The molecule has 3 aromatic rings. The average molecular weight is 360 g/mol. The fourth-order valence-electron chi connectivity index (χ4n) is 2.24. The van der Waals surface area contributed by atoms with E-state index >= 15 is 0 Å². The normalized spacial score (nSPS) is 10.6. The number of carbonyl (C=O) groups excluding carboxylic acids is 1. The van der Waals surface area contributed by atoms with Crippen molar-refractivity contribution in [2.45, 2.75) is 19.4 Å². The van der Waals surface area contributed by atoms with Crippen LogP contribution in [0.15, 0.2) is 53.1 Å². The number of hydrogen-bond acceptors (Lipinski definition) is 4. The molecule has 0 spiro atoms. The molecule has 128 valence electrons. The summed E-state index contributed by atoms with van der Waals surface area (Å²) in [5, 5.41) is 7.18.